The summed E-state index contributed by atoms with van der Waals surface area (Å²) in [7, 11) is 2.02. The van der Waals surface area contributed by atoms with Crippen LogP contribution in [0.1, 0.15) is 33.6 Å². The molecule has 4 N–H and O–H groups in total. The normalized spacial score (nSPS) is 14.8. The second kappa shape index (κ2) is 5.55. The Morgan fingerprint density at radius 1 is 1.42 bits per heavy atom. The first-order chi connectivity index (χ1) is 5.54. The van der Waals surface area contributed by atoms with Crippen molar-refractivity contribution in [3.05, 3.63) is 0 Å². The monoisotopic (exact) mass is 173 g/mol. The molecule has 0 rings (SSSR count). The summed E-state index contributed by atoms with van der Waals surface area (Å²) in [6.45, 7) is 9.22. The van der Waals surface area contributed by atoms with Gasteiger partial charge in [-0.15, -0.1) is 0 Å². The van der Waals surface area contributed by atoms with Crippen LogP contribution in [0.15, 0.2) is 0 Å². The van der Waals surface area contributed by atoms with Crippen LogP contribution in [0.5, 0.6) is 0 Å². The van der Waals surface area contributed by atoms with Crippen molar-refractivity contribution in [1.29, 1.82) is 0 Å². The van der Waals surface area contributed by atoms with Crippen LogP contribution in [0, 0.1) is 11.3 Å². The van der Waals surface area contributed by atoms with E-state index in [1.807, 2.05) is 7.05 Å². The average Bonchev–Trinajstić information content (AvgIpc) is 2.01. The molecule has 0 fully saturated rings. The van der Waals surface area contributed by atoms with Crippen LogP contribution in [0.2, 0.25) is 0 Å². The zero-order valence-electron chi connectivity index (χ0n) is 9.11. The fourth-order valence-electron chi connectivity index (χ4n) is 1.39. The van der Waals surface area contributed by atoms with Gasteiger partial charge in [0.1, 0.15) is 0 Å². The third kappa shape index (κ3) is 4.07. The predicted octanol–water partition coefficient (Wildman–Crippen LogP) is 0.890. The number of hydrogen-bond donors (Lipinski definition) is 2. The summed E-state index contributed by atoms with van der Waals surface area (Å²) in [6, 6.07) is 0. The fourth-order valence-corrected chi connectivity index (χ4v) is 1.39. The number of hydrogen-bond acceptors (Lipinski definition) is 1. The van der Waals surface area contributed by atoms with E-state index in [-0.39, 0.29) is 0 Å². The minimum Gasteiger partial charge on any atom is -0.358 e. The topological polar surface area (TPSA) is 39.7 Å². The number of nitrogens with one attached hydrogen (secondary N) is 1. The van der Waals surface area contributed by atoms with Crippen LogP contribution < -0.4 is 11.1 Å². The number of quaternary nitrogens is 1. The van der Waals surface area contributed by atoms with Crippen molar-refractivity contribution in [3.63, 3.8) is 0 Å². The van der Waals surface area contributed by atoms with E-state index in [1.54, 1.807) is 0 Å². The van der Waals surface area contributed by atoms with Gasteiger partial charge in [-0.3, -0.25) is 0 Å². The predicted molar refractivity (Wildman–Crippen MR) is 53.9 cm³/mol. The molecule has 0 aromatic carbocycles. The van der Waals surface area contributed by atoms with E-state index in [1.165, 1.54) is 12.8 Å². The Hall–Kier alpha value is -0.0800. The molecular formula is C10H25N2+. The van der Waals surface area contributed by atoms with Crippen molar-refractivity contribution in [2.45, 2.75) is 33.6 Å². The zero-order valence-corrected chi connectivity index (χ0v) is 9.11. The lowest BCUT2D eigenvalue weighted by molar-refractivity contribution is -0.371. The van der Waals surface area contributed by atoms with E-state index in [0.717, 1.165) is 19.0 Å². The highest BCUT2D eigenvalue weighted by atomic mass is 14.8. The average molecular weight is 173 g/mol. The van der Waals surface area contributed by atoms with Gasteiger partial charge in [0.25, 0.3) is 0 Å². The molecule has 12 heavy (non-hydrogen) atoms. The third-order valence-electron chi connectivity index (χ3n) is 2.99. The van der Waals surface area contributed by atoms with Crippen molar-refractivity contribution < 1.29 is 5.73 Å². The lowest BCUT2D eigenvalue weighted by Gasteiger charge is -2.31. The van der Waals surface area contributed by atoms with Crippen LogP contribution in [-0.4, -0.2) is 20.1 Å². The molecule has 0 aliphatic rings. The van der Waals surface area contributed by atoms with Gasteiger partial charge in [-0.1, -0.05) is 20.8 Å². The van der Waals surface area contributed by atoms with Gasteiger partial charge in [-0.25, -0.2) is 0 Å². The maximum absolute atomic E-state index is 3.90. The fraction of sp³-hybridized carbons (Fsp3) is 1.00. The van der Waals surface area contributed by atoms with Crippen molar-refractivity contribution in [2.75, 3.05) is 20.1 Å². The lowest BCUT2D eigenvalue weighted by atomic mass is 9.75. The van der Waals surface area contributed by atoms with Crippen LogP contribution >= 0.6 is 0 Å². The highest BCUT2D eigenvalue weighted by molar-refractivity contribution is 4.75. The van der Waals surface area contributed by atoms with Gasteiger partial charge in [-0.05, 0) is 37.8 Å². The first-order valence-corrected chi connectivity index (χ1v) is 4.98. The summed E-state index contributed by atoms with van der Waals surface area (Å²) in [6.07, 6.45) is 2.50. The van der Waals surface area contributed by atoms with E-state index < -0.39 is 0 Å². The molecule has 0 aromatic rings. The Labute approximate surface area is 76.9 Å². The first kappa shape index (κ1) is 11.9. The van der Waals surface area contributed by atoms with E-state index in [4.69, 9.17) is 0 Å². The highest BCUT2D eigenvalue weighted by Gasteiger charge is 2.24. The van der Waals surface area contributed by atoms with Crippen molar-refractivity contribution >= 4 is 0 Å². The van der Waals surface area contributed by atoms with Crippen molar-refractivity contribution in [2.24, 2.45) is 11.3 Å². The van der Waals surface area contributed by atoms with Gasteiger partial charge in [0.15, 0.2) is 0 Å². The summed E-state index contributed by atoms with van der Waals surface area (Å²) in [5.74, 6) is 0.781. The molecule has 74 valence electrons. The van der Waals surface area contributed by atoms with E-state index in [2.05, 4.69) is 31.8 Å². The standard InChI is InChI=1S/C10H24N2/c1-9(5-7-11)10(2,3)6-8-12-4/h9,12H,5-8,11H2,1-4H3/p+1. The van der Waals surface area contributed by atoms with Gasteiger partial charge in [0.05, 0.1) is 6.54 Å². The molecule has 0 radical (unpaired) electrons. The molecule has 0 heterocycles. The summed E-state index contributed by atoms with van der Waals surface area (Å²) in [5, 5.41) is 3.21. The van der Waals surface area contributed by atoms with Crippen LogP contribution in [0.3, 0.4) is 0 Å². The molecule has 2 heteroatoms. The Kier molecular flexibility index (Phi) is 5.51. The summed E-state index contributed by atoms with van der Waals surface area (Å²) >= 11 is 0. The molecule has 0 saturated carbocycles. The molecule has 0 bridgehead atoms. The zero-order chi connectivity index (χ0) is 9.61. The van der Waals surface area contributed by atoms with Gasteiger partial charge in [-0.2, -0.15) is 0 Å². The largest absolute Gasteiger partial charge is 0.358 e. The lowest BCUT2D eigenvalue weighted by Crippen LogP contribution is -2.51. The molecular weight excluding hydrogens is 148 g/mol. The van der Waals surface area contributed by atoms with E-state index in [0.29, 0.717) is 5.41 Å². The minimum absolute atomic E-state index is 0.459. The van der Waals surface area contributed by atoms with Crippen LogP contribution in [-0.2, 0) is 0 Å². The second-order valence-electron chi connectivity index (χ2n) is 4.39. The molecule has 1 atom stereocenters. The molecule has 0 aliphatic heterocycles. The van der Waals surface area contributed by atoms with E-state index in [9.17, 15) is 0 Å². The summed E-state index contributed by atoms with van der Waals surface area (Å²) in [4.78, 5) is 0. The molecule has 0 spiro atoms. The van der Waals surface area contributed by atoms with Crippen molar-refractivity contribution in [1.82, 2.24) is 5.32 Å². The Balaban J connectivity index is 3.81. The molecule has 0 aromatic heterocycles. The van der Waals surface area contributed by atoms with Gasteiger partial charge < -0.3 is 11.1 Å². The second-order valence-corrected chi connectivity index (χ2v) is 4.39. The van der Waals surface area contributed by atoms with Crippen LogP contribution in [0.25, 0.3) is 0 Å². The van der Waals surface area contributed by atoms with E-state index >= 15 is 0 Å². The first-order valence-electron chi connectivity index (χ1n) is 4.98. The minimum atomic E-state index is 0.459. The maximum Gasteiger partial charge on any atom is 0.0742 e. The van der Waals surface area contributed by atoms with Gasteiger partial charge in [0, 0.05) is 0 Å². The Morgan fingerprint density at radius 3 is 2.42 bits per heavy atom. The van der Waals surface area contributed by atoms with Crippen molar-refractivity contribution in [3.8, 4) is 0 Å². The summed E-state index contributed by atoms with van der Waals surface area (Å²) in [5.41, 5.74) is 4.36. The maximum atomic E-state index is 3.90. The molecule has 0 aliphatic carbocycles. The third-order valence-corrected chi connectivity index (χ3v) is 2.99. The van der Waals surface area contributed by atoms with Gasteiger partial charge in [0.2, 0.25) is 0 Å². The Morgan fingerprint density at radius 2 is 2.00 bits per heavy atom. The molecule has 0 amide bonds. The number of rotatable bonds is 6. The molecule has 1 unspecified atom stereocenters. The van der Waals surface area contributed by atoms with Gasteiger partial charge >= 0.3 is 0 Å². The highest BCUT2D eigenvalue weighted by Crippen LogP contribution is 2.31. The summed E-state index contributed by atoms with van der Waals surface area (Å²) < 4.78 is 0. The Bertz CT molecular complexity index is 110. The SMILES string of the molecule is CNCCC(C)(C)C(C)CC[NH3+]. The molecule has 0 saturated heterocycles. The quantitative estimate of drug-likeness (QED) is 0.615. The smallest absolute Gasteiger partial charge is 0.0742 e. The molecule has 2 nitrogen and oxygen atoms in total. The van der Waals surface area contributed by atoms with Crippen LogP contribution in [0.4, 0.5) is 0 Å².